The molecule has 18 heavy (non-hydrogen) atoms. The van der Waals surface area contributed by atoms with Gasteiger partial charge in [0.05, 0.1) is 0 Å². The van der Waals surface area contributed by atoms with E-state index in [2.05, 4.69) is 39.0 Å². The molecule has 1 aliphatic heterocycles. The third kappa shape index (κ3) is 1.63. The fourth-order valence-electron chi connectivity index (χ4n) is 2.87. The van der Waals surface area contributed by atoms with Crippen LogP contribution in [-0.4, -0.2) is 37.0 Å². The predicted molar refractivity (Wildman–Crippen MR) is 69.4 cm³/mol. The molecule has 0 bridgehead atoms. The van der Waals surface area contributed by atoms with Gasteiger partial charge in [-0.05, 0) is 33.1 Å². The number of aromatic nitrogens is 5. The maximum Gasteiger partial charge on any atom is 0.183 e. The standard InChI is InChI=1S/C12H18N6/c1-8-5-4-6-9(2)18(8)12-10-11(13-7-14-12)17(3)16-15-10/h7-9H,4-6H2,1-3H3/t8-,9+. The summed E-state index contributed by atoms with van der Waals surface area (Å²) in [6.45, 7) is 4.50. The largest absolute Gasteiger partial charge is 0.349 e. The Balaban J connectivity index is 2.12. The molecule has 96 valence electrons. The highest BCUT2D eigenvalue weighted by Crippen LogP contribution is 2.30. The second-order valence-electron chi connectivity index (χ2n) is 5.12. The first-order chi connectivity index (χ1) is 8.68. The Morgan fingerprint density at radius 3 is 2.61 bits per heavy atom. The van der Waals surface area contributed by atoms with Crippen LogP contribution in [0.2, 0.25) is 0 Å². The molecule has 3 heterocycles. The lowest BCUT2D eigenvalue weighted by atomic mass is 9.97. The van der Waals surface area contributed by atoms with Gasteiger partial charge < -0.3 is 4.90 Å². The molecule has 6 heteroatoms. The monoisotopic (exact) mass is 246 g/mol. The molecule has 1 aliphatic rings. The Bertz CT molecular complexity index is 553. The number of aryl methyl sites for hydroxylation is 1. The Kier molecular flexibility index (Phi) is 2.65. The molecule has 6 nitrogen and oxygen atoms in total. The second-order valence-corrected chi connectivity index (χ2v) is 5.12. The molecule has 0 spiro atoms. The van der Waals surface area contributed by atoms with Crippen LogP contribution in [-0.2, 0) is 7.05 Å². The number of piperidine rings is 1. The SMILES string of the molecule is C[C@@H]1CCC[C@H](C)N1c1ncnc2c1nnn2C. The normalized spacial score (nSPS) is 24.7. The summed E-state index contributed by atoms with van der Waals surface area (Å²) in [5.74, 6) is 0.924. The smallest absolute Gasteiger partial charge is 0.183 e. The minimum Gasteiger partial charge on any atom is -0.349 e. The fraction of sp³-hybridized carbons (Fsp3) is 0.667. The van der Waals surface area contributed by atoms with Crippen molar-refractivity contribution in [3.63, 3.8) is 0 Å². The van der Waals surface area contributed by atoms with Crippen LogP contribution in [0, 0.1) is 0 Å². The zero-order valence-electron chi connectivity index (χ0n) is 11.0. The van der Waals surface area contributed by atoms with Gasteiger partial charge >= 0.3 is 0 Å². The number of hydrogen-bond acceptors (Lipinski definition) is 5. The van der Waals surface area contributed by atoms with E-state index in [-0.39, 0.29) is 0 Å². The molecular weight excluding hydrogens is 228 g/mol. The third-order valence-corrected chi connectivity index (χ3v) is 3.81. The summed E-state index contributed by atoms with van der Waals surface area (Å²) in [6.07, 6.45) is 5.30. The van der Waals surface area contributed by atoms with E-state index in [9.17, 15) is 0 Å². The molecule has 0 aromatic carbocycles. The van der Waals surface area contributed by atoms with Gasteiger partial charge in [0.1, 0.15) is 6.33 Å². The molecule has 2 atom stereocenters. The maximum atomic E-state index is 4.44. The van der Waals surface area contributed by atoms with Crippen molar-refractivity contribution in [2.45, 2.75) is 45.2 Å². The van der Waals surface area contributed by atoms with E-state index in [1.54, 1.807) is 11.0 Å². The molecule has 2 aromatic rings. The van der Waals surface area contributed by atoms with Crippen LogP contribution < -0.4 is 4.90 Å². The summed E-state index contributed by atoms with van der Waals surface area (Å²) >= 11 is 0. The number of hydrogen-bond donors (Lipinski definition) is 0. The summed E-state index contributed by atoms with van der Waals surface area (Å²) in [5.41, 5.74) is 1.60. The van der Waals surface area contributed by atoms with Crippen molar-refractivity contribution >= 4 is 17.0 Å². The molecule has 0 unspecified atom stereocenters. The average Bonchev–Trinajstić information content (AvgIpc) is 2.72. The van der Waals surface area contributed by atoms with E-state index in [0.717, 1.165) is 17.0 Å². The first kappa shape index (κ1) is 11.4. The first-order valence-corrected chi connectivity index (χ1v) is 6.47. The average molecular weight is 246 g/mol. The molecule has 0 aliphatic carbocycles. The molecule has 0 amide bonds. The first-order valence-electron chi connectivity index (χ1n) is 6.47. The molecule has 2 aromatic heterocycles. The van der Waals surface area contributed by atoms with Gasteiger partial charge in [-0.2, -0.15) is 0 Å². The van der Waals surface area contributed by atoms with Crippen LogP contribution in [0.15, 0.2) is 6.33 Å². The van der Waals surface area contributed by atoms with Gasteiger partial charge in [-0.25, -0.2) is 14.6 Å². The van der Waals surface area contributed by atoms with Crippen LogP contribution in [0.25, 0.3) is 11.2 Å². The lowest BCUT2D eigenvalue weighted by Gasteiger charge is -2.39. The molecule has 0 radical (unpaired) electrons. The van der Waals surface area contributed by atoms with Gasteiger partial charge in [0.2, 0.25) is 0 Å². The van der Waals surface area contributed by atoms with Gasteiger partial charge in [0.15, 0.2) is 17.0 Å². The van der Waals surface area contributed by atoms with Crippen molar-refractivity contribution in [1.29, 1.82) is 0 Å². The zero-order valence-corrected chi connectivity index (χ0v) is 11.0. The Morgan fingerprint density at radius 2 is 1.89 bits per heavy atom. The highest BCUT2D eigenvalue weighted by molar-refractivity contribution is 5.82. The van der Waals surface area contributed by atoms with E-state index in [0.29, 0.717) is 12.1 Å². The highest BCUT2D eigenvalue weighted by Gasteiger charge is 2.28. The van der Waals surface area contributed by atoms with Crippen molar-refractivity contribution in [1.82, 2.24) is 25.0 Å². The van der Waals surface area contributed by atoms with Crippen LogP contribution in [0.1, 0.15) is 33.1 Å². The third-order valence-electron chi connectivity index (χ3n) is 3.81. The van der Waals surface area contributed by atoms with Crippen molar-refractivity contribution in [3.05, 3.63) is 6.33 Å². The summed E-state index contributed by atoms with van der Waals surface area (Å²) < 4.78 is 1.69. The van der Waals surface area contributed by atoms with E-state index in [1.165, 1.54) is 19.3 Å². The van der Waals surface area contributed by atoms with E-state index in [4.69, 9.17) is 0 Å². The van der Waals surface area contributed by atoms with Crippen molar-refractivity contribution in [2.75, 3.05) is 4.90 Å². The predicted octanol–water partition coefficient (Wildman–Crippen LogP) is 1.53. The van der Waals surface area contributed by atoms with Gasteiger partial charge in [-0.15, -0.1) is 5.10 Å². The minimum atomic E-state index is 0.494. The molecule has 3 rings (SSSR count). The Hall–Kier alpha value is -1.72. The minimum absolute atomic E-state index is 0.494. The summed E-state index contributed by atoms with van der Waals surface area (Å²) in [6, 6.07) is 0.989. The molecular formula is C12H18N6. The van der Waals surface area contributed by atoms with Crippen molar-refractivity contribution in [3.8, 4) is 0 Å². The Labute approximate surface area is 106 Å². The summed E-state index contributed by atoms with van der Waals surface area (Å²) in [4.78, 5) is 11.1. The van der Waals surface area contributed by atoms with Gasteiger partial charge in [0, 0.05) is 19.1 Å². The van der Waals surface area contributed by atoms with Gasteiger partial charge in [-0.1, -0.05) is 5.21 Å². The van der Waals surface area contributed by atoms with E-state index < -0.39 is 0 Å². The number of nitrogens with zero attached hydrogens (tertiary/aromatic N) is 6. The lowest BCUT2D eigenvalue weighted by Crippen LogP contribution is -2.44. The summed E-state index contributed by atoms with van der Waals surface area (Å²) in [5, 5.41) is 8.25. The van der Waals surface area contributed by atoms with E-state index in [1.807, 2.05) is 7.05 Å². The van der Waals surface area contributed by atoms with Crippen molar-refractivity contribution in [2.24, 2.45) is 7.05 Å². The second kappa shape index (κ2) is 4.19. The molecule has 1 fully saturated rings. The zero-order chi connectivity index (χ0) is 12.7. The van der Waals surface area contributed by atoms with Gasteiger partial charge in [0.25, 0.3) is 0 Å². The number of fused-ring (bicyclic) bond motifs is 1. The van der Waals surface area contributed by atoms with Crippen LogP contribution in [0.3, 0.4) is 0 Å². The highest BCUT2D eigenvalue weighted by atomic mass is 15.4. The fourth-order valence-corrected chi connectivity index (χ4v) is 2.87. The topological polar surface area (TPSA) is 59.7 Å². The number of anilines is 1. The molecule has 0 N–H and O–H groups in total. The van der Waals surface area contributed by atoms with Gasteiger partial charge in [-0.3, -0.25) is 0 Å². The van der Waals surface area contributed by atoms with Crippen LogP contribution in [0.5, 0.6) is 0 Å². The number of rotatable bonds is 1. The molecule has 1 saturated heterocycles. The van der Waals surface area contributed by atoms with E-state index >= 15 is 0 Å². The van der Waals surface area contributed by atoms with Crippen molar-refractivity contribution < 1.29 is 0 Å². The molecule has 0 saturated carbocycles. The van der Waals surface area contributed by atoms with Crippen LogP contribution in [0.4, 0.5) is 5.82 Å². The Morgan fingerprint density at radius 1 is 1.17 bits per heavy atom. The quantitative estimate of drug-likeness (QED) is 0.763. The lowest BCUT2D eigenvalue weighted by molar-refractivity contribution is 0.412. The maximum absolute atomic E-state index is 4.44. The van der Waals surface area contributed by atoms with Crippen LogP contribution >= 0.6 is 0 Å². The summed E-state index contributed by atoms with van der Waals surface area (Å²) in [7, 11) is 1.86.